The topological polar surface area (TPSA) is 98.0 Å². The Kier molecular flexibility index (Phi) is 9.21. The molecule has 0 unspecified atom stereocenters. The highest BCUT2D eigenvalue weighted by Gasteiger charge is 2.06. The molecule has 0 spiro atoms. The molecule has 0 atom stereocenters. The van der Waals surface area contributed by atoms with E-state index in [9.17, 15) is 4.79 Å². The molecule has 0 aliphatic rings. The number of carbonyl (C=O) groups is 1. The first-order valence-corrected chi connectivity index (χ1v) is 8.15. The molecular weight excluding hydrogens is 515 g/mol. The molecule has 9 heteroatoms. The Labute approximate surface area is 177 Å². The maximum atomic E-state index is 11.9. The van der Waals surface area contributed by atoms with Crippen LogP contribution in [0.15, 0.2) is 51.9 Å². The highest BCUT2D eigenvalue weighted by Crippen LogP contribution is 2.29. The SMILES string of the molecule is COc1ccc(NC(N)=NCC(=O)Nc2cccc(Br)c2)cc1OC.I. The second-order valence-corrected chi connectivity index (χ2v) is 5.87. The molecule has 0 aliphatic heterocycles. The molecule has 2 aromatic rings. The van der Waals surface area contributed by atoms with Gasteiger partial charge in [-0.15, -0.1) is 24.0 Å². The van der Waals surface area contributed by atoms with Gasteiger partial charge in [-0.1, -0.05) is 22.0 Å². The molecule has 0 aromatic heterocycles. The zero-order valence-corrected chi connectivity index (χ0v) is 18.2. The number of amides is 1. The maximum absolute atomic E-state index is 11.9. The van der Waals surface area contributed by atoms with E-state index in [-0.39, 0.29) is 42.4 Å². The predicted octanol–water partition coefficient (Wildman–Crippen LogP) is 3.45. The van der Waals surface area contributed by atoms with Gasteiger partial charge in [-0.2, -0.15) is 0 Å². The summed E-state index contributed by atoms with van der Waals surface area (Å²) in [5, 5.41) is 5.64. The number of carbonyl (C=O) groups excluding carboxylic acids is 1. The molecule has 0 saturated carbocycles. The van der Waals surface area contributed by atoms with Gasteiger partial charge in [-0.3, -0.25) is 4.79 Å². The van der Waals surface area contributed by atoms with Crippen molar-refractivity contribution < 1.29 is 14.3 Å². The smallest absolute Gasteiger partial charge is 0.246 e. The normalized spacial score (nSPS) is 10.5. The molecule has 0 heterocycles. The summed E-state index contributed by atoms with van der Waals surface area (Å²) in [6.07, 6.45) is 0. The molecule has 0 aliphatic carbocycles. The van der Waals surface area contributed by atoms with Crippen molar-refractivity contribution >= 4 is 63.1 Å². The Balaban J connectivity index is 0.00000338. The molecule has 2 aromatic carbocycles. The second-order valence-electron chi connectivity index (χ2n) is 4.95. The van der Waals surface area contributed by atoms with Crippen LogP contribution >= 0.6 is 39.9 Å². The van der Waals surface area contributed by atoms with Crippen molar-refractivity contribution in [3.8, 4) is 11.5 Å². The fraction of sp³-hybridized carbons (Fsp3) is 0.176. The van der Waals surface area contributed by atoms with Gasteiger partial charge in [0.1, 0.15) is 6.54 Å². The molecule has 0 bridgehead atoms. The van der Waals surface area contributed by atoms with Crippen molar-refractivity contribution in [1.82, 2.24) is 0 Å². The largest absolute Gasteiger partial charge is 0.493 e. The minimum absolute atomic E-state index is 0. The summed E-state index contributed by atoms with van der Waals surface area (Å²) >= 11 is 3.35. The first kappa shape index (κ1) is 22.0. The summed E-state index contributed by atoms with van der Waals surface area (Å²) in [5.41, 5.74) is 7.17. The Hall–Kier alpha value is -2.01. The van der Waals surface area contributed by atoms with E-state index in [1.165, 1.54) is 0 Å². The van der Waals surface area contributed by atoms with E-state index >= 15 is 0 Å². The third-order valence-corrected chi connectivity index (χ3v) is 3.65. The summed E-state index contributed by atoms with van der Waals surface area (Å²) in [6, 6.07) is 12.5. The number of nitrogens with one attached hydrogen (secondary N) is 2. The number of nitrogens with zero attached hydrogens (tertiary/aromatic N) is 1. The molecular formula is C17H20BrIN4O3. The van der Waals surface area contributed by atoms with Crippen molar-refractivity contribution in [1.29, 1.82) is 0 Å². The number of anilines is 2. The number of nitrogens with two attached hydrogens (primary N) is 1. The predicted molar refractivity (Wildman–Crippen MR) is 118 cm³/mol. The minimum Gasteiger partial charge on any atom is -0.493 e. The molecule has 4 N–H and O–H groups in total. The maximum Gasteiger partial charge on any atom is 0.246 e. The fourth-order valence-electron chi connectivity index (χ4n) is 2.03. The van der Waals surface area contributed by atoms with Gasteiger partial charge >= 0.3 is 0 Å². The lowest BCUT2D eigenvalue weighted by molar-refractivity contribution is -0.114. The van der Waals surface area contributed by atoms with E-state index in [2.05, 4.69) is 31.6 Å². The van der Waals surface area contributed by atoms with E-state index in [1.807, 2.05) is 12.1 Å². The van der Waals surface area contributed by atoms with Gasteiger partial charge in [0.25, 0.3) is 0 Å². The fourth-order valence-corrected chi connectivity index (χ4v) is 2.42. The van der Waals surface area contributed by atoms with E-state index in [0.29, 0.717) is 22.9 Å². The number of guanidine groups is 1. The molecule has 26 heavy (non-hydrogen) atoms. The lowest BCUT2D eigenvalue weighted by atomic mass is 10.3. The zero-order valence-electron chi connectivity index (χ0n) is 14.3. The van der Waals surface area contributed by atoms with Crippen molar-refractivity contribution in [2.24, 2.45) is 10.7 Å². The molecule has 7 nitrogen and oxygen atoms in total. The van der Waals surface area contributed by atoms with Crippen LogP contribution in [0.3, 0.4) is 0 Å². The number of methoxy groups -OCH3 is 2. The number of halogens is 2. The molecule has 0 fully saturated rings. The highest BCUT2D eigenvalue weighted by molar-refractivity contribution is 14.0. The Morgan fingerprint density at radius 3 is 2.42 bits per heavy atom. The average molecular weight is 535 g/mol. The summed E-state index contributed by atoms with van der Waals surface area (Å²) in [6.45, 7) is -0.0986. The quantitative estimate of drug-likeness (QED) is 0.299. The molecule has 1 amide bonds. The Morgan fingerprint density at radius 2 is 1.77 bits per heavy atom. The Morgan fingerprint density at radius 1 is 1.08 bits per heavy atom. The van der Waals surface area contributed by atoms with Crippen LogP contribution in [0.2, 0.25) is 0 Å². The van der Waals surface area contributed by atoms with Crippen LogP contribution in [0.1, 0.15) is 0 Å². The van der Waals surface area contributed by atoms with Crippen LogP contribution < -0.4 is 25.8 Å². The lowest BCUT2D eigenvalue weighted by Gasteiger charge is -2.11. The minimum atomic E-state index is -0.268. The van der Waals surface area contributed by atoms with Gasteiger partial charge in [-0.05, 0) is 30.3 Å². The van der Waals surface area contributed by atoms with Crippen molar-refractivity contribution in [3.05, 3.63) is 46.9 Å². The van der Waals surface area contributed by atoms with Crippen LogP contribution in [-0.4, -0.2) is 32.6 Å². The lowest BCUT2D eigenvalue weighted by Crippen LogP contribution is -2.25. The number of hydrogen-bond donors (Lipinski definition) is 3. The van der Waals surface area contributed by atoms with E-state index in [0.717, 1.165) is 4.47 Å². The van der Waals surface area contributed by atoms with Gasteiger partial charge in [0.2, 0.25) is 5.91 Å². The van der Waals surface area contributed by atoms with Gasteiger partial charge in [0, 0.05) is 21.9 Å². The van der Waals surface area contributed by atoms with Crippen LogP contribution in [0, 0.1) is 0 Å². The second kappa shape index (κ2) is 10.9. The van der Waals surface area contributed by atoms with Crippen LogP contribution in [-0.2, 0) is 4.79 Å². The number of rotatable bonds is 6. The van der Waals surface area contributed by atoms with E-state index < -0.39 is 0 Å². The number of ether oxygens (including phenoxy) is 2. The van der Waals surface area contributed by atoms with Crippen molar-refractivity contribution in [3.63, 3.8) is 0 Å². The van der Waals surface area contributed by atoms with Crippen LogP contribution in [0.4, 0.5) is 11.4 Å². The number of benzene rings is 2. The summed E-state index contributed by atoms with van der Waals surface area (Å²) in [4.78, 5) is 15.9. The standard InChI is InChI=1S/C17H19BrN4O3.HI/c1-24-14-7-6-13(9-15(14)25-2)22-17(19)20-10-16(23)21-12-5-3-4-11(18)8-12;/h3-9H,10H2,1-2H3,(H,21,23)(H3,19,20,22);1H. The molecule has 0 saturated heterocycles. The third kappa shape index (κ3) is 6.71. The number of hydrogen-bond acceptors (Lipinski definition) is 4. The van der Waals surface area contributed by atoms with E-state index in [4.69, 9.17) is 15.2 Å². The van der Waals surface area contributed by atoms with Crippen molar-refractivity contribution in [2.75, 3.05) is 31.4 Å². The van der Waals surface area contributed by atoms with Gasteiger partial charge in [-0.25, -0.2) is 4.99 Å². The monoisotopic (exact) mass is 534 g/mol. The Bertz CT molecular complexity index is 786. The summed E-state index contributed by atoms with van der Waals surface area (Å²) in [7, 11) is 3.11. The first-order chi connectivity index (χ1) is 12.0. The zero-order chi connectivity index (χ0) is 18.2. The molecule has 140 valence electrons. The van der Waals surface area contributed by atoms with Gasteiger partial charge in [0.05, 0.1) is 14.2 Å². The third-order valence-electron chi connectivity index (χ3n) is 3.16. The van der Waals surface area contributed by atoms with Crippen LogP contribution in [0.25, 0.3) is 0 Å². The van der Waals surface area contributed by atoms with Crippen LogP contribution in [0.5, 0.6) is 11.5 Å². The molecule has 0 radical (unpaired) electrons. The van der Waals surface area contributed by atoms with Crippen molar-refractivity contribution in [2.45, 2.75) is 0 Å². The first-order valence-electron chi connectivity index (χ1n) is 7.36. The summed E-state index contributed by atoms with van der Waals surface area (Å²) < 4.78 is 11.3. The highest BCUT2D eigenvalue weighted by atomic mass is 127. The van der Waals surface area contributed by atoms with E-state index in [1.54, 1.807) is 44.6 Å². The number of aliphatic imine (C=N–C) groups is 1. The summed E-state index contributed by atoms with van der Waals surface area (Å²) in [5.74, 6) is 1.02. The van der Waals surface area contributed by atoms with Gasteiger partial charge in [0.15, 0.2) is 17.5 Å². The molecule has 2 rings (SSSR count). The van der Waals surface area contributed by atoms with Gasteiger partial charge < -0.3 is 25.8 Å². The average Bonchev–Trinajstić information content (AvgIpc) is 2.60.